The van der Waals surface area contributed by atoms with E-state index in [-0.39, 0.29) is 5.41 Å². The number of pyridine rings is 1. The van der Waals surface area contributed by atoms with E-state index in [4.69, 9.17) is 0 Å². The lowest BCUT2D eigenvalue weighted by atomic mass is 9.90. The highest BCUT2D eigenvalue weighted by Crippen LogP contribution is 2.23. The molecule has 1 aliphatic heterocycles. The van der Waals surface area contributed by atoms with Crippen molar-refractivity contribution in [3.05, 3.63) is 36.3 Å². The number of hydrogen-bond donors (Lipinski definition) is 0. The predicted octanol–water partition coefficient (Wildman–Crippen LogP) is 3.56. The normalized spacial score (nSPS) is 16.2. The van der Waals surface area contributed by atoms with Crippen LogP contribution in [0.4, 0.5) is 5.69 Å². The number of aromatic nitrogens is 3. The van der Waals surface area contributed by atoms with Crippen molar-refractivity contribution < 1.29 is 0 Å². The van der Waals surface area contributed by atoms with E-state index in [1.807, 2.05) is 17.1 Å². The largest absolute Gasteiger partial charge is 0.370 e. The van der Waals surface area contributed by atoms with Crippen LogP contribution in [-0.4, -0.2) is 27.9 Å². The predicted molar refractivity (Wildman–Crippen MR) is 86.1 cm³/mol. The molecule has 3 rings (SSSR count). The van der Waals surface area contributed by atoms with Crippen molar-refractivity contribution in [2.75, 3.05) is 18.0 Å². The summed E-state index contributed by atoms with van der Waals surface area (Å²) in [6.07, 6.45) is 9.90. The molecular weight excluding hydrogens is 260 g/mol. The third-order valence-electron chi connectivity index (χ3n) is 4.14. The van der Waals surface area contributed by atoms with E-state index in [0.29, 0.717) is 0 Å². The molecule has 4 nitrogen and oxygen atoms in total. The summed E-state index contributed by atoms with van der Waals surface area (Å²) in [5, 5.41) is 4.44. The first-order valence-corrected chi connectivity index (χ1v) is 7.80. The molecule has 2 aromatic rings. The quantitative estimate of drug-likeness (QED) is 0.845. The van der Waals surface area contributed by atoms with Gasteiger partial charge in [-0.2, -0.15) is 5.10 Å². The van der Waals surface area contributed by atoms with Gasteiger partial charge in [-0.05, 0) is 42.4 Å². The highest BCUT2D eigenvalue weighted by Gasteiger charge is 2.16. The SMILES string of the molecule is CC(C)(C)c1cnn(-c2ccc(N3CCCCC3)cn2)c1. The smallest absolute Gasteiger partial charge is 0.153 e. The van der Waals surface area contributed by atoms with Gasteiger partial charge in [-0.25, -0.2) is 9.67 Å². The van der Waals surface area contributed by atoms with Crippen LogP contribution in [0.25, 0.3) is 5.82 Å². The first-order valence-electron chi connectivity index (χ1n) is 7.80. The summed E-state index contributed by atoms with van der Waals surface area (Å²) in [5.41, 5.74) is 2.57. The molecule has 0 saturated carbocycles. The Balaban J connectivity index is 1.79. The van der Waals surface area contributed by atoms with Gasteiger partial charge >= 0.3 is 0 Å². The molecule has 0 radical (unpaired) electrons. The fraction of sp³-hybridized carbons (Fsp3) is 0.529. The molecule has 0 bridgehead atoms. The van der Waals surface area contributed by atoms with Crippen LogP contribution in [0, 0.1) is 0 Å². The second kappa shape index (κ2) is 5.51. The van der Waals surface area contributed by atoms with Gasteiger partial charge in [0.1, 0.15) is 0 Å². The highest BCUT2D eigenvalue weighted by atomic mass is 15.3. The first-order chi connectivity index (χ1) is 10.0. The summed E-state index contributed by atoms with van der Waals surface area (Å²) >= 11 is 0. The summed E-state index contributed by atoms with van der Waals surface area (Å²) in [6, 6.07) is 4.22. The third-order valence-corrected chi connectivity index (χ3v) is 4.14. The van der Waals surface area contributed by atoms with Crippen LogP contribution in [0.15, 0.2) is 30.7 Å². The molecule has 0 N–H and O–H groups in total. The number of piperidine rings is 1. The van der Waals surface area contributed by atoms with Crippen LogP contribution in [0.2, 0.25) is 0 Å². The number of hydrogen-bond acceptors (Lipinski definition) is 3. The number of anilines is 1. The van der Waals surface area contributed by atoms with Gasteiger partial charge in [-0.1, -0.05) is 20.8 Å². The first kappa shape index (κ1) is 14.1. The summed E-state index contributed by atoms with van der Waals surface area (Å²) < 4.78 is 1.86. The van der Waals surface area contributed by atoms with E-state index in [0.717, 1.165) is 18.9 Å². The minimum Gasteiger partial charge on any atom is -0.370 e. The molecule has 21 heavy (non-hydrogen) atoms. The molecule has 0 aliphatic carbocycles. The van der Waals surface area contributed by atoms with Gasteiger partial charge in [-0.15, -0.1) is 0 Å². The van der Waals surface area contributed by atoms with Crippen LogP contribution >= 0.6 is 0 Å². The van der Waals surface area contributed by atoms with Gasteiger partial charge in [0.25, 0.3) is 0 Å². The molecule has 0 aromatic carbocycles. The van der Waals surface area contributed by atoms with Crippen LogP contribution in [0.1, 0.15) is 45.6 Å². The molecule has 1 aliphatic rings. The lowest BCUT2D eigenvalue weighted by Gasteiger charge is -2.28. The zero-order chi connectivity index (χ0) is 14.9. The molecule has 112 valence electrons. The van der Waals surface area contributed by atoms with Crippen molar-refractivity contribution in [2.24, 2.45) is 0 Å². The zero-order valence-electron chi connectivity index (χ0n) is 13.2. The van der Waals surface area contributed by atoms with Gasteiger partial charge in [0.15, 0.2) is 5.82 Å². The van der Waals surface area contributed by atoms with Crippen molar-refractivity contribution in [3.63, 3.8) is 0 Å². The van der Waals surface area contributed by atoms with Gasteiger partial charge in [0, 0.05) is 19.3 Å². The lowest BCUT2D eigenvalue weighted by Crippen LogP contribution is -2.29. The second-order valence-electron chi connectivity index (χ2n) is 6.85. The Hall–Kier alpha value is -1.84. The third kappa shape index (κ3) is 3.09. The van der Waals surface area contributed by atoms with E-state index in [9.17, 15) is 0 Å². The Bertz CT molecular complexity index is 586. The molecule has 2 aromatic heterocycles. The summed E-state index contributed by atoms with van der Waals surface area (Å²) in [7, 11) is 0. The molecule has 1 saturated heterocycles. The van der Waals surface area contributed by atoms with E-state index >= 15 is 0 Å². The van der Waals surface area contributed by atoms with Gasteiger partial charge in [-0.3, -0.25) is 0 Å². The monoisotopic (exact) mass is 284 g/mol. The molecule has 0 unspecified atom stereocenters. The molecule has 3 heterocycles. The number of nitrogens with zero attached hydrogens (tertiary/aromatic N) is 4. The molecule has 0 spiro atoms. The molecule has 0 atom stereocenters. The van der Waals surface area contributed by atoms with Gasteiger partial charge < -0.3 is 4.90 Å². The Kier molecular flexibility index (Phi) is 3.70. The standard InChI is InChI=1S/C17H24N4/c1-17(2,3)14-11-19-21(13-14)16-8-7-15(12-18-16)20-9-5-4-6-10-20/h7-8,11-13H,4-6,9-10H2,1-3H3. The molecule has 4 heteroatoms. The lowest BCUT2D eigenvalue weighted by molar-refractivity contribution is 0.577. The van der Waals surface area contributed by atoms with E-state index in [2.05, 4.69) is 54.1 Å². The van der Waals surface area contributed by atoms with E-state index < -0.39 is 0 Å². The summed E-state index contributed by atoms with van der Waals surface area (Å²) in [6.45, 7) is 8.89. The van der Waals surface area contributed by atoms with Crippen LogP contribution in [-0.2, 0) is 5.41 Å². The number of rotatable bonds is 2. The van der Waals surface area contributed by atoms with Crippen molar-refractivity contribution in [1.29, 1.82) is 0 Å². The Morgan fingerprint density at radius 2 is 1.76 bits per heavy atom. The Labute approximate surface area is 126 Å². The molecular formula is C17H24N4. The van der Waals surface area contributed by atoms with E-state index in [1.165, 1.54) is 30.5 Å². The maximum Gasteiger partial charge on any atom is 0.153 e. The summed E-state index contributed by atoms with van der Waals surface area (Å²) in [4.78, 5) is 7.00. The minimum absolute atomic E-state index is 0.117. The maximum absolute atomic E-state index is 4.58. The van der Waals surface area contributed by atoms with Crippen molar-refractivity contribution in [2.45, 2.75) is 45.4 Å². The van der Waals surface area contributed by atoms with Crippen LogP contribution in [0.3, 0.4) is 0 Å². The fourth-order valence-corrected chi connectivity index (χ4v) is 2.69. The average Bonchev–Trinajstić information content (AvgIpc) is 2.98. The van der Waals surface area contributed by atoms with Crippen LogP contribution in [0.5, 0.6) is 0 Å². The second-order valence-corrected chi connectivity index (χ2v) is 6.85. The van der Waals surface area contributed by atoms with Crippen molar-refractivity contribution in [3.8, 4) is 5.82 Å². The van der Waals surface area contributed by atoms with Crippen molar-refractivity contribution in [1.82, 2.24) is 14.8 Å². The van der Waals surface area contributed by atoms with Gasteiger partial charge in [0.05, 0.1) is 18.1 Å². The Morgan fingerprint density at radius 1 is 1.00 bits per heavy atom. The minimum atomic E-state index is 0.117. The van der Waals surface area contributed by atoms with Gasteiger partial charge in [0.2, 0.25) is 0 Å². The highest BCUT2D eigenvalue weighted by molar-refractivity contribution is 5.46. The molecule has 1 fully saturated rings. The summed E-state index contributed by atoms with van der Waals surface area (Å²) in [5.74, 6) is 0.881. The molecule has 0 amide bonds. The fourth-order valence-electron chi connectivity index (χ4n) is 2.69. The maximum atomic E-state index is 4.58. The topological polar surface area (TPSA) is 34.0 Å². The Morgan fingerprint density at radius 3 is 2.33 bits per heavy atom. The average molecular weight is 284 g/mol. The van der Waals surface area contributed by atoms with Crippen LogP contribution < -0.4 is 4.90 Å². The zero-order valence-corrected chi connectivity index (χ0v) is 13.2. The van der Waals surface area contributed by atoms with Crippen molar-refractivity contribution >= 4 is 5.69 Å². The van der Waals surface area contributed by atoms with E-state index in [1.54, 1.807) is 0 Å².